The lowest BCUT2D eigenvalue weighted by Gasteiger charge is -2.30. The van der Waals surface area contributed by atoms with Gasteiger partial charge in [0.2, 0.25) is 5.91 Å². The Morgan fingerprint density at radius 1 is 1.05 bits per heavy atom. The van der Waals surface area contributed by atoms with Crippen LogP contribution in [-0.2, 0) is 20.9 Å². The van der Waals surface area contributed by atoms with Crippen molar-refractivity contribution >= 4 is 39.8 Å². The van der Waals surface area contributed by atoms with Crippen LogP contribution in [0, 0.1) is 18.7 Å². The number of amides is 1. The van der Waals surface area contributed by atoms with Gasteiger partial charge in [-0.05, 0) is 86.6 Å². The molecule has 3 aromatic heterocycles. The van der Waals surface area contributed by atoms with Gasteiger partial charge in [-0.1, -0.05) is 43.3 Å². The Bertz CT molecular complexity index is 2700. The number of carbonyl (C=O) groups excluding carboxylic acids is 2. The van der Waals surface area contributed by atoms with Crippen LogP contribution in [0.5, 0.6) is 11.8 Å². The summed E-state index contributed by atoms with van der Waals surface area (Å²) in [5.41, 5.74) is 6.62. The van der Waals surface area contributed by atoms with E-state index in [1.165, 1.54) is 6.07 Å². The van der Waals surface area contributed by atoms with E-state index in [1.54, 1.807) is 29.1 Å². The number of carbonyl (C=O) groups is 2. The normalized spacial score (nSPS) is 20.7. The summed E-state index contributed by atoms with van der Waals surface area (Å²) in [5, 5.41) is 21.5. The summed E-state index contributed by atoms with van der Waals surface area (Å²) >= 11 is 0. The fraction of sp³-hybridized carbons (Fsp3) is 0.468. The van der Waals surface area contributed by atoms with Crippen molar-refractivity contribution in [1.82, 2.24) is 45.4 Å². The monoisotopic (exact) mass is 856 g/mol. The lowest BCUT2D eigenvalue weighted by atomic mass is 9.88. The van der Waals surface area contributed by atoms with E-state index in [1.807, 2.05) is 52.0 Å². The number of rotatable bonds is 15. The predicted molar refractivity (Wildman–Crippen MR) is 235 cm³/mol. The number of H-pyrrole nitrogens is 1. The van der Waals surface area contributed by atoms with Crippen molar-refractivity contribution in [3.05, 3.63) is 71.3 Å². The molecular weight excluding hydrogens is 804 g/mol. The number of aromatic nitrogens is 7. The Labute approximate surface area is 364 Å². The Morgan fingerprint density at radius 2 is 1.87 bits per heavy atom. The van der Waals surface area contributed by atoms with E-state index in [4.69, 9.17) is 24.2 Å². The fourth-order valence-corrected chi connectivity index (χ4v) is 9.74. The number of piperazine rings is 1. The standard InChI is InChI=1S/C47H53FN10O5/c1-25(2)43(46(60)56-14-6-7-32(56)22-59)58-21-39(54-55-58)30-10-8-28(9-11-30)24-62-44-41(40-27(4)37(48)17-38-36(40)19-50-53-38)34(29-12-13-29)16-35-42(44)51-47(63-23-26(3)61-5)52-45(35)57-20-31-15-33(57)18-49-31/h8-11,16-17,19,21-22,25-26,29,31-33,43,49H,6-7,12-15,18,20,23-24H2,1-5H3,(H,50,53)/t26-,31-,32-,33-,43?/m0/s1. The molecule has 4 fully saturated rings. The Balaban J connectivity index is 1.05. The number of nitrogens with zero attached hydrogens (tertiary/aromatic N) is 8. The minimum atomic E-state index is -0.587. The molecule has 6 aromatic rings. The van der Waals surface area contributed by atoms with E-state index in [9.17, 15) is 9.59 Å². The molecule has 328 valence electrons. The van der Waals surface area contributed by atoms with Gasteiger partial charge < -0.3 is 34.1 Å². The third-order valence-electron chi connectivity index (χ3n) is 13.4. The number of hydrogen-bond donors (Lipinski definition) is 2. The number of fused-ring (bicyclic) bond motifs is 4. The van der Waals surface area contributed by atoms with Gasteiger partial charge in [0.25, 0.3) is 0 Å². The van der Waals surface area contributed by atoms with Crippen molar-refractivity contribution in [2.45, 2.75) is 103 Å². The molecule has 10 rings (SSSR count). The molecule has 5 atom stereocenters. The first-order valence-electron chi connectivity index (χ1n) is 22.2. The fourth-order valence-electron chi connectivity index (χ4n) is 9.74. The van der Waals surface area contributed by atoms with Gasteiger partial charge >= 0.3 is 6.01 Å². The highest BCUT2D eigenvalue weighted by Crippen LogP contribution is 2.53. The molecule has 1 saturated carbocycles. The number of likely N-dealkylation sites (tertiary alicyclic amines) is 1. The van der Waals surface area contributed by atoms with Gasteiger partial charge in [0, 0.05) is 66.3 Å². The van der Waals surface area contributed by atoms with Crippen LogP contribution in [0.2, 0.25) is 0 Å². The largest absolute Gasteiger partial charge is 0.486 e. The molecule has 3 saturated heterocycles. The lowest BCUT2D eigenvalue weighted by Crippen LogP contribution is -2.44. The zero-order valence-corrected chi connectivity index (χ0v) is 36.3. The maximum Gasteiger partial charge on any atom is 0.319 e. The molecule has 6 heterocycles. The number of ether oxygens (including phenoxy) is 3. The molecular formula is C47H53FN10O5. The summed E-state index contributed by atoms with van der Waals surface area (Å²) in [7, 11) is 1.65. The van der Waals surface area contributed by atoms with Crippen LogP contribution in [0.1, 0.15) is 81.5 Å². The molecule has 4 aliphatic rings. The van der Waals surface area contributed by atoms with Crippen LogP contribution in [0.3, 0.4) is 0 Å². The maximum absolute atomic E-state index is 15.9. The SMILES string of the molecule is CO[C@@H](C)COc1nc(N2C[C@@H]3C[C@H]2CN3)c2cc(C3CC3)c(-c3c(C)c(F)cc4[nH]ncc34)c(OCc3ccc(-c4cn(C(C(=O)N5CCC[C@H]5C=O)C(C)C)nn4)cc3)c2n1. The average Bonchev–Trinajstić information content (AvgIpc) is 3.85. The topological polar surface area (TPSA) is 166 Å². The van der Waals surface area contributed by atoms with Crippen LogP contribution in [0.4, 0.5) is 10.2 Å². The van der Waals surface area contributed by atoms with Crippen molar-refractivity contribution in [2.75, 3.05) is 38.3 Å². The molecule has 0 spiro atoms. The minimum Gasteiger partial charge on any atom is -0.486 e. The first kappa shape index (κ1) is 41.0. The number of nitrogens with one attached hydrogen (secondary N) is 2. The van der Waals surface area contributed by atoms with Crippen LogP contribution < -0.4 is 19.7 Å². The molecule has 3 aliphatic heterocycles. The van der Waals surface area contributed by atoms with Crippen molar-refractivity contribution in [3.8, 4) is 34.1 Å². The van der Waals surface area contributed by atoms with Crippen molar-refractivity contribution in [3.63, 3.8) is 0 Å². The molecule has 1 aliphatic carbocycles. The second-order valence-electron chi connectivity index (χ2n) is 18.0. The van der Waals surface area contributed by atoms with Gasteiger partial charge in [-0.3, -0.25) is 9.89 Å². The third-order valence-corrected chi connectivity index (χ3v) is 13.4. The van der Waals surface area contributed by atoms with E-state index in [0.29, 0.717) is 47.0 Å². The number of aromatic amines is 1. The predicted octanol–water partition coefficient (Wildman–Crippen LogP) is 6.69. The van der Waals surface area contributed by atoms with Crippen molar-refractivity contribution in [2.24, 2.45) is 5.92 Å². The number of benzene rings is 3. The van der Waals surface area contributed by atoms with Crippen LogP contribution in [0.25, 0.3) is 44.2 Å². The molecule has 16 heteroatoms. The number of anilines is 1. The van der Waals surface area contributed by atoms with Gasteiger partial charge in [-0.15, -0.1) is 5.10 Å². The Hall–Kier alpha value is -6.00. The summed E-state index contributed by atoms with van der Waals surface area (Å²) in [6, 6.07) is 11.5. The second-order valence-corrected chi connectivity index (χ2v) is 18.0. The molecule has 3 aromatic carbocycles. The molecule has 1 amide bonds. The first-order valence-corrected chi connectivity index (χ1v) is 22.2. The van der Waals surface area contributed by atoms with E-state index in [0.717, 1.165) is 89.5 Å². The van der Waals surface area contributed by atoms with Crippen LogP contribution in [0.15, 0.2) is 48.8 Å². The minimum absolute atomic E-state index is 0.0694. The zero-order chi connectivity index (χ0) is 43.5. The van der Waals surface area contributed by atoms with Gasteiger partial charge in [-0.25, -0.2) is 9.07 Å². The lowest BCUT2D eigenvalue weighted by molar-refractivity contribution is -0.139. The van der Waals surface area contributed by atoms with Crippen molar-refractivity contribution in [1.29, 1.82) is 0 Å². The summed E-state index contributed by atoms with van der Waals surface area (Å²) in [6.45, 7) is 10.4. The average molecular weight is 857 g/mol. The molecule has 1 unspecified atom stereocenters. The van der Waals surface area contributed by atoms with Crippen molar-refractivity contribution < 1.29 is 28.2 Å². The summed E-state index contributed by atoms with van der Waals surface area (Å²) in [6.07, 6.45) is 8.74. The summed E-state index contributed by atoms with van der Waals surface area (Å²) in [4.78, 5) is 39.7. The number of methoxy groups -OCH3 is 1. The van der Waals surface area contributed by atoms with E-state index in [-0.39, 0.29) is 54.9 Å². The highest BCUT2D eigenvalue weighted by molar-refractivity contribution is 6.06. The molecule has 2 N–H and O–H groups in total. The Morgan fingerprint density at radius 3 is 2.59 bits per heavy atom. The van der Waals surface area contributed by atoms with Crippen LogP contribution in [-0.4, -0.2) is 110 Å². The van der Waals surface area contributed by atoms with Gasteiger partial charge in [0.15, 0.2) is 5.75 Å². The number of aldehydes is 1. The van der Waals surface area contributed by atoms with E-state index in [2.05, 4.69) is 36.8 Å². The summed E-state index contributed by atoms with van der Waals surface area (Å²) in [5.74, 6) is 1.06. The first-order chi connectivity index (χ1) is 30.6. The molecule has 0 radical (unpaired) electrons. The van der Waals surface area contributed by atoms with Crippen LogP contribution >= 0.6 is 0 Å². The molecule has 63 heavy (non-hydrogen) atoms. The number of hydrogen-bond acceptors (Lipinski definition) is 12. The third kappa shape index (κ3) is 7.56. The second kappa shape index (κ2) is 16.6. The van der Waals surface area contributed by atoms with E-state index < -0.39 is 12.1 Å². The van der Waals surface area contributed by atoms with Gasteiger partial charge in [0.1, 0.15) is 48.4 Å². The Kier molecular flexibility index (Phi) is 10.8. The van der Waals surface area contributed by atoms with Gasteiger partial charge in [0.05, 0.1) is 30.1 Å². The zero-order valence-electron chi connectivity index (χ0n) is 36.3. The van der Waals surface area contributed by atoms with E-state index >= 15 is 4.39 Å². The highest BCUT2D eigenvalue weighted by atomic mass is 19.1. The quantitative estimate of drug-likeness (QED) is 0.105. The molecule has 2 bridgehead atoms. The highest BCUT2D eigenvalue weighted by Gasteiger charge is 2.41. The molecule has 15 nitrogen and oxygen atoms in total. The maximum atomic E-state index is 15.9. The summed E-state index contributed by atoms with van der Waals surface area (Å²) < 4.78 is 36.4. The smallest absolute Gasteiger partial charge is 0.319 e. The number of halogens is 1. The van der Waals surface area contributed by atoms with Gasteiger partial charge in [-0.2, -0.15) is 15.1 Å².